The summed E-state index contributed by atoms with van der Waals surface area (Å²) < 4.78 is 9.76. The van der Waals surface area contributed by atoms with Crippen LogP contribution in [0, 0.1) is 0 Å². The fraction of sp³-hybridized carbons (Fsp3) is 0.333. The summed E-state index contributed by atoms with van der Waals surface area (Å²) in [5.74, 6) is -0.501. The van der Waals surface area contributed by atoms with Crippen LogP contribution in [0.15, 0.2) is 12.2 Å². The maximum atomic E-state index is 11.2. The molecule has 0 radical (unpaired) electrons. The lowest BCUT2D eigenvalue weighted by molar-refractivity contribution is 0.0606. The molecule has 1 aromatic heterocycles. The second-order valence-corrected chi connectivity index (χ2v) is 3.79. The average Bonchev–Trinajstić information content (AvgIpc) is 2.59. The van der Waals surface area contributed by atoms with Crippen molar-refractivity contribution in [2.75, 3.05) is 13.7 Å². The molecule has 1 rings (SSSR count). The predicted octanol–water partition coefficient (Wildman–Crippen LogP) is 2.54. The Morgan fingerprint density at radius 2 is 2.40 bits per heavy atom. The van der Waals surface area contributed by atoms with Gasteiger partial charge in [-0.05, 0) is 6.92 Å². The Labute approximate surface area is 96.5 Å². The van der Waals surface area contributed by atoms with Gasteiger partial charge in [-0.25, -0.2) is 4.79 Å². The number of nitrogens with zero attached hydrogens (tertiary/aromatic N) is 1. The van der Waals surface area contributed by atoms with Crippen molar-refractivity contribution >= 4 is 28.9 Å². The van der Waals surface area contributed by atoms with Gasteiger partial charge < -0.3 is 9.47 Å². The van der Waals surface area contributed by atoms with Gasteiger partial charge in [0.2, 0.25) is 0 Å². The fourth-order valence-electron chi connectivity index (χ4n) is 0.779. The quantitative estimate of drug-likeness (QED) is 0.606. The maximum Gasteiger partial charge on any atom is 0.351 e. The number of methoxy groups -OCH3 is 1. The molecule has 1 heterocycles. The van der Waals surface area contributed by atoms with Gasteiger partial charge in [-0.3, -0.25) is 0 Å². The van der Waals surface area contributed by atoms with Crippen LogP contribution in [0.4, 0.5) is 0 Å². The number of hydrogen-bond donors (Lipinski definition) is 0. The third kappa shape index (κ3) is 3.21. The van der Waals surface area contributed by atoms with Crippen molar-refractivity contribution in [1.29, 1.82) is 0 Å². The summed E-state index contributed by atoms with van der Waals surface area (Å²) >= 11 is 6.80. The fourth-order valence-corrected chi connectivity index (χ4v) is 1.83. The third-order valence-corrected chi connectivity index (χ3v) is 2.81. The van der Waals surface area contributed by atoms with Gasteiger partial charge in [0.25, 0.3) is 5.19 Å². The zero-order valence-electron chi connectivity index (χ0n) is 8.32. The third-order valence-electron chi connectivity index (χ3n) is 1.48. The van der Waals surface area contributed by atoms with Crippen molar-refractivity contribution in [3.8, 4) is 5.19 Å². The number of carbonyl (C=O) groups excluding carboxylic acids is 1. The Balaban J connectivity index is 2.72. The monoisotopic (exact) mass is 247 g/mol. The second-order valence-electron chi connectivity index (χ2n) is 2.47. The van der Waals surface area contributed by atoms with E-state index in [0.29, 0.717) is 11.8 Å². The minimum atomic E-state index is -0.501. The topological polar surface area (TPSA) is 48.4 Å². The molecule has 0 saturated carbocycles. The van der Waals surface area contributed by atoms with Gasteiger partial charge in [0.1, 0.15) is 6.61 Å². The number of carbonyl (C=O) groups is 1. The Morgan fingerprint density at radius 3 is 3.00 bits per heavy atom. The van der Waals surface area contributed by atoms with E-state index in [1.807, 2.05) is 19.1 Å². The van der Waals surface area contributed by atoms with Crippen LogP contribution in [0.3, 0.4) is 0 Å². The van der Waals surface area contributed by atoms with Gasteiger partial charge in [-0.15, -0.1) is 0 Å². The largest absolute Gasteiger partial charge is 0.466 e. The molecule has 1 aromatic rings. The second kappa shape index (κ2) is 5.72. The van der Waals surface area contributed by atoms with Crippen LogP contribution in [0.5, 0.6) is 5.19 Å². The number of aromatic nitrogens is 1. The summed E-state index contributed by atoms with van der Waals surface area (Å²) in [6.45, 7) is 2.29. The number of ether oxygens (including phenoxy) is 2. The van der Waals surface area contributed by atoms with Gasteiger partial charge in [0, 0.05) is 0 Å². The highest BCUT2D eigenvalue weighted by Crippen LogP contribution is 2.29. The number of esters is 1. The van der Waals surface area contributed by atoms with Crippen LogP contribution < -0.4 is 4.74 Å². The molecule has 0 atom stereocenters. The van der Waals surface area contributed by atoms with Crippen molar-refractivity contribution < 1.29 is 14.3 Å². The molecule has 4 nitrogen and oxygen atoms in total. The zero-order valence-corrected chi connectivity index (χ0v) is 9.89. The molecule has 6 heteroatoms. The first kappa shape index (κ1) is 12.0. The highest BCUT2D eigenvalue weighted by Gasteiger charge is 2.17. The van der Waals surface area contributed by atoms with E-state index in [9.17, 15) is 4.79 Å². The van der Waals surface area contributed by atoms with Crippen LogP contribution in [-0.2, 0) is 4.74 Å². The van der Waals surface area contributed by atoms with Crippen LogP contribution >= 0.6 is 22.9 Å². The van der Waals surface area contributed by atoms with Gasteiger partial charge in [0.05, 0.1) is 7.11 Å². The lowest BCUT2D eigenvalue weighted by atomic mass is 10.6. The van der Waals surface area contributed by atoms with Crippen molar-refractivity contribution in [1.82, 2.24) is 4.98 Å². The minimum absolute atomic E-state index is 0.113. The molecule has 0 aliphatic carbocycles. The number of thiazole rings is 1. The number of hydrogen-bond acceptors (Lipinski definition) is 5. The molecule has 0 amide bonds. The van der Waals surface area contributed by atoms with E-state index < -0.39 is 5.97 Å². The molecule has 82 valence electrons. The Kier molecular flexibility index (Phi) is 4.58. The molecule has 0 aliphatic rings. The molecule has 0 fully saturated rings. The molecule has 0 bridgehead atoms. The number of allylic oxidation sites excluding steroid dienone is 1. The molecular formula is C9H10ClNO3S. The Hall–Kier alpha value is -1.07. The van der Waals surface area contributed by atoms with Crippen LogP contribution in [-0.4, -0.2) is 24.7 Å². The van der Waals surface area contributed by atoms with E-state index in [1.54, 1.807) is 0 Å². The molecule has 0 N–H and O–H groups in total. The van der Waals surface area contributed by atoms with Crippen molar-refractivity contribution in [2.24, 2.45) is 0 Å². The lowest BCUT2D eigenvalue weighted by Gasteiger charge is -1.94. The molecular weight excluding hydrogens is 238 g/mol. The summed E-state index contributed by atoms with van der Waals surface area (Å²) in [5.41, 5.74) is 0. The summed E-state index contributed by atoms with van der Waals surface area (Å²) in [6.07, 6.45) is 3.68. The standard InChI is InChI=1S/C9H10ClNO3S/c1-3-4-5-14-9-11-7(10)6(15-9)8(12)13-2/h3-4H,5H2,1-2H3. The summed E-state index contributed by atoms with van der Waals surface area (Å²) in [5, 5.41) is 0.473. The first-order valence-corrected chi connectivity index (χ1v) is 5.37. The summed E-state index contributed by atoms with van der Waals surface area (Å²) in [4.78, 5) is 15.3. The SMILES string of the molecule is CC=CCOc1nc(Cl)c(C(=O)OC)s1. The zero-order chi connectivity index (χ0) is 11.3. The minimum Gasteiger partial charge on any atom is -0.466 e. The predicted molar refractivity (Wildman–Crippen MR) is 58.8 cm³/mol. The van der Waals surface area contributed by atoms with Crippen molar-refractivity contribution in [3.05, 3.63) is 22.2 Å². The number of halogens is 1. The van der Waals surface area contributed by atoms with E-state index in [0.717, 1.165) is 11.3 Å². The highest BCUT2D eigenvalue weighted by molar-refractivity contribution is 7.15. The van der Waals surface area contributed by atoms with Crippen molar-refractivity contribution in [2.45, 2.75) is 6.92 Å². The van der Waals surface area contributed by atoms with E-state index in [1.165, 1.54) is 7.11 Å². The normalized spacial score (nSPS) is 10.6. The van der Waals surface area contributed by atoms with Crippen molar-refractivity contribution in [3.63, 3.8) is 0 Å². The van der Waals surface area contributed by atoms with Crippen LogP contribution in [0.1, 0.15) is 16.6 Å². The van der Waals surface area contributed by atoms with E-state index in [4.69, 9.17) is 16.3 Å². The van der Waals surface area contributed by atoms with Gasteiger partial charge in [-0.1, -0.05) is 35.1 Å². The first-order chi connectivity index (χ1) is 7.19. The Morgan fingerprint density at radius 1 is 1.67 bits per heavy atom. The number of rotatable bonds is 4. The summed E-state index contributed by atoms with van der Waals surface area (Å²) in [6, 6.07) is 0. The molecule has 0 saturated heterocycles. The van der Waals surface area contributed by atoms with Gasteiger partial charge >= 0.3 is 5.97 Å². The molecule has 15 heavy (non-hydrogen) atoms. The van der Waals surface area contributed by atoms with E-state index >= 15 is 0 Å². The van der Waals surface area contributed by atoms with E-state index in [-0.39, 0.29) is 10.0 Å². The van der Waals surface area contributed by atoms with Gasteiger partial charge in [0.15, 0.2) is 10.0 Å². The maximum absolute atomic E-state index is 11.2. The average molecular weight is 248 g/mol. The van der Waals surface area contributed by atoms with Crippen LogP contribution in [0.25, 0.3) is 0 Å². The molecule has 0 unspecified atom stereocenters. The van der Waals surface area contributed by atoms with Gasteiger partial charge in [-0.2, -0.15) is 4.98 Å². The summed E-state index contributed by atoms with van der Waals surface area (Å²) in [7, 11) is 1.29. The molecule has 0 aromatic carbocycles. The van der Waals surface area contributed by atoms with E-state index in [2.05, 4.69) is 9.72 Å². The van der Waals surface area contributed by atoms with Crippen LogP contribution in [0.2, 0.25) is 5.15 Å². The smallest absolute Gasteiger partial charge is 0.351 e. The molecule has 0 spiro atoms. The molecule has 0 aliphatic heterocycles. The highest BCUT2D eigenvalue weighted by atomic mass is 35.5. The first-order valence-electron chi connectivity index (χ1n) is 4.17. The lowest BCUT2D eigenvalue weighted by Crippen LogP contribution is -1.98. The Bertz CT molecular complexity index is 375.